The zero-order chi connectivity index (χ0) is 7.61. The summed E-state index contributed by atoms with van der Waals surface area (Å²) in [5.41, 5.74) is -0.408. The molecule has 0 saturated carbocycles. The van der Waals surface area contributed by atoms with Crippen molar-refractivity contribution < 1.29 is 9.53 Å². The van der Waals surface area contributed by atoms with Crippen LogP contribution in [0.4, 0.5) is 0 Å². The summed E-state index contributed by atoms with van der Waals surface area (Å²) in [5.74, 6) is -0.148. The molecule has 0 bridgehead atoms. The predicted octanol–water partition coefficient (Wildman–Crippen LogP) is 0.723. The predicted molar refractivity (Wildman–Crippen MR) is 44.9 cm³/mol. The molecule has 1 N–H and O–H groups in total. The minimum Gasteiger partial charge on any atom is -0.468 e. The second-order valence-corrected chi connectivity index (χ2v) is 2.85. The summed E-state index contributed by atoms with van der Waals surface area (Å²) in [4.78, 5) is 11.1. The maximum atomic E-state index is 11.1. The van der Waals surface area contributed by atoms with Crippen molar-refractivity contribution in [2.45, 2.75) is 25.3 Å². The Kier molecular flexibility index (Phi) is 3.83. The average Bonchev–Trinajstić information content (AvgIpc) is 2.36. The number of esters is 1. The van der Waals surface area contributed by atoms with E-state index in [1.807, 2.05) is 6.92 Å². The van der Waals surface area contributed by atoms with Gasteiger partial charge in [-0.15, -0.1) is 12.4 Å². The first-order valence-corrected chi connectivity index (χ1v) is 3.52. The van der Waals surface area contributed by atoms with Gasteiger partial charge in [0.05, 0.1) is 7.11 Å². The quantitative estimate of drug-likeness (QED) is 0.603. The van der Waals surface area contributed by atoms with Crippen LogP contribution in [0.2, 0.25) is 0 Å². The van der Waals surface area contributed by atoms with Crippen molar-refractivity contribution in [3.8, 4) is 0 Å². The lowest BCUT2D eigenvalue weighted by Crippen LogP contribution is -2.45. The maximum Gasteiger partial charge on any atom is 0.325 e. The van der Waals surface area contributed by atoms with Crippen molar-refractivity contribution in [3.05, 3.63) is 0 Å². The van der Waals surface area contributed by atoms with Crippen LogP contribution < -0.4 is 5.32 Å². The van der Waals surface area contributed by atoms with E-state index >= 15 is 0 Å². The van der Waals surface area contributed by atoms with Crippen LogP contribution in [0.1, 0.15) is 19.8 Å². The molecule has 1 fully saturated rings. The Morgan fingerprint density at radius 2 is 2.27 bits per heavy atom. The molecule has 3 nitrogen and oxygen atoms in total. The van der Waals surface area contributed by atoms with Crippen LogP contribution in [-0.2, 0) is 9.53 Å². The first-order valence-electron chi connectivity index (χ1n) is 3.52. The highest BCUT2D eigenvalue weighted by Crippen LogP contribution is 2.19. The molecule has 0 aromatic rings. The van der Waals surface area contributed by atoms with Crippen LogP contribution in [0.3, 0.4) is 0 Å². The van der Waals surface area contributed by atoms with Crippen molar-refractivity contribution in [2.24, 2.45) is 0 Å². The third-order valence-electron chi connectivity index (χ3n) is 2.00. The molecule has 1 atom stereocenters. The molecule has 1 aliphatic rings. The van der Waals surface area contributed by atoms with Crippen LogP contribution in [-0.4, -0.2) is 25.2 Å². The van der Waals surface area contributed by atoms with E-state index in [-0.39, 0.29) is 18.4 Å². The standard InChI is InChI=1S/C7H13NO2.ClH/c1-7(6(9)10-2)4-3-5-8-7;/h8H,3-5H2,1-2H3;1H. The number of carbonyl (C=O) groups is 1. The number of nitrogens with one attached hydrogen (secondary N) is 1. The molecule has 1 unspecified atom stereocenters. The third kappa shape index (κ3) is 2.07. The molecule has 66 valence electrons. The Morgan fingerprint density at radius 3 is 2.64 bits per heavy atom. The number of halogens is 1. The Labute approximate surface area is 72.9 Å². The van der Waals surface area contributed by atoms with Crippen molar-refractivity contribution in [3.63, 3.8) is 0 Å². The van der Waals surface area contributed by atoms with Crippen LogP contribution in [0.5, 0.6) is 0 Å². The molecule has 0 radical (unpaired) electrons. The fraction of sp³-hybridized carbons (Fsp3) is 0.857. The van der Waals surface area contributed by atoms with Gasteiger partial charge in [-0.05, 0) is 26.3 Å². The normalized spacial score (nSPS) is 29.3. The van der Waals surface area contributed by atoms with Gasteiger partial charge in [-0.2, -0.15) is 0 Å². The van der Waals surface area contributed by atoms with Crippen molar-refractivity contribution in [1.82, 2.24) is 5.32 Å². The van der Waals surface area contributed by atoms with Gasteiger partial charge in [-0.3, -0.25) is 4.79 Å². The van der Waals surface area contributed by atoms with Gasteiger partial charge in [0.25, 0.3) is 0 Å². The summed E-state index contributed by atoms with van der Waals surface area (Å²) in [6.07, 6.45) is 1.95. The molecule has 0 aliphatic carbocycles. The third-order valence-corrected chi connectivity index (χ3v) is 2.00. The van der Waals surface area contributed by atoms with E-state index in [1.54, 1.807) is 0 Å². The highest BCUT2D eigenvalue weighted by Gasteiger charge is 2.36. The average molecular weight is 180 g/mol. The number of methoxy groups -OCH3 is 1. The molecule has 1 aliphatic heterocycles. The van der Waals surface area contributed by atoms with Gasteiger partial charge >= 0.3 is 5.97 Å². The number of rotatable bonds is 1. The van der Waals surface area contributed by atoms with Crippen molar-refractivity contribution in [1.29, 1.82) is 0 Å². The Bertz CT molecular complexity index is 143. The van der Waals surface area contributed by atoms with E-state index in [1.165, 1.54) is 7.11 Å². The topological polar surface area (TPSA) is 38.3 Å². The minimum atomic E-state index is -0.408. The Hall–Kier alpha value is -0.280. The number of ether oxygens (including phenoxy) is 1. The lowest BCUT2D eigenvalue weighted by molar-refractivity contribution is -0.147. The second kappa shape index (κ2) is 3.93. The van der Waals surface area contributed by atoms with Gasteiger partial charge in [-0.1, -0.05) is 0 Å². The van der Waals surface area contributed by atoms with Crippen LogP contribution in [0, 0.1) is 0 Å². The van der Waals surface area contributed by atoms with Crippen molar-refractivity contribution >= 4 is 18.4 Å². The lowest BCUT2D eigenvalue weighted by Gasteiger charge is -2.19. The van der Waals surface area contributed by atoms with Gasteiger partial charge in [0.1, 0.15) is 5.54 Å². The fourth-order valence-corrected chi connectivity index (χ4v) is 1.29. The van der Waals surface area contributed by atoms with Gasteiger partial charge in [0.2, 0.25) is 0 Å². The number of hydrogen-bond donors (Lipinski definition) is 1. The second-order valence-electron chi connectivity index (χ2n) is 2.85. The summed E-state index contributed by atoms with van der Waals surface area (Å²) in [7, 11) is 1.42. The largest absolute Gasteiger partial charge is 0.468 e. The molecule has 0 amide bonds. The highest BCUT2D eigenvalue weighted by molar-refractivity contribution is 5.85. The maximum absolute atomic E-state index is 11.1. The SMILES string of the molecule is COC(=O)C1(C)CCCN1.Cl. The molecule has 0 aromatic carbocycles. The van der Waals surface area contributed by atoms with E-state index in [0.29, 0.717) is 0 Å². The van der Waals surface area contributed by atoms with Gasteiger partial charge in [0.15, 0.2) is 0 Å². The first kappa shape index (κ1) is 10.7. The first-order chi connectivity index (χ1) is 4.69. The van der Waals surface area contributed by atoms with E-state index in [4.69, 9.17) is 0 Å². The molecule has 0 aromatic heterocycles. The van der Waals surface area contributed by atoms with Crippen LogP contribution in [0.15, 0.2) is 0 Å². The summed E-state index contributed by atoms with van der Waals surface area (Å²) < 4.78 is 4.64. The molecular formula is C7H14ClNO2. The van der Waals surface area contributed by atoms with Gasteiger partial charge in [-0.25, -0.2) is 0 Å². The van der Waals surface area contributed by atoms with E-state index in [0.717, 1.165) is 19.4 Å². The molecule has 0 spiro atoms. The zero-order valence-corrected chi connectivity index (χ0v) is 7.66. The summed E-state index contributed by atoms with van der Waals surface area (Å²) in [6, 6.07) is 0. The molecule has 4 heteroatoms. The van der Waals surface area contributed by atoms with E-state index in [2.05, 4.69) is 10.1 Å². The van der Waals surface area contributed by atoms with Crippen LogP contribution in [0.25, 0.3) is 0 Å². The van der Waals surface area contributed by atoms with E-state index in [9.17, 15) is 4.79 Å². The molecule has 1 saturated heterocycles. The molecule has 1 rings (SSSR count). The smallest absolute Gasteiger partial charge is 0.325 e. The summed E-state index contributed by atoms with van der Waals surface area (Å²) in [5, 5.41) is 3.11. The molecular weight excluding hydrogens is 166 g/mol. The van der Waals surface area contributed by atoms with Gasteiger partial charge in [0, 0.05) is 0 Å². The van der Waals surface area contributed by atoms with Gasteiger partial charge < -0.3 is 10.1 Å². The zero-order valence-electron chi connectivity index (χ0n) is 6.85. The minimum absolute atomic E-state index is 0. The van der Waals surface area contributed by atoms with Crippen molar-refractivity contribution in [2.75, 3.05) is 13.7 Å². The number of carbonyl (C=O) groups excluding carboxylic acids is 1. The summed E-state index contributed by atoms with van der Waals surface area (Å²) in [6.45, 7) is 2.80. The highest BCUT2D eigenvalue weighted by atomic mass is 35.5. The molecule has 1 heterocycles. The monoisotopic (exact) mass is 179 g/mol. The lowest BCUT2D eigenvalue weighted by atomic mass is 10.0. The van der Waals surface area contributed by atoms with E-state index < -0.39 is 5.54 Å². The molecule has 11 heavy (non-hydrogen) atoms. The number of hydrogen-bond acceptors (Lipinski definition) is 3. The summed E-state index contributed by atoms with van der Waals surface area (Å²) >= 11 is 0. The fourth-order valence-electron chi connectivity index (χ4n) is 1.29. The van der Waals surface area contributed by atoms with Crippen LogP contribution >= 0.6 is 12.4 Å². The Balaban J connectivity index is 0.000001000. The Morgan fingerprint density at radius 1 is 1.64 bits per heavy atom.